The number of non-ortho nitro benzene ring substituents is 1. The van der Waals surface area contributed by atoms with Crippen molar-refractivity contribution in [3.63, 3.8) is 0 Å². The van der Waals surface area contributed by atoms with E-state index in [1.807, 2.05) is 0 Å². The lowest BCUT2D eigenvalue weighted by Crippen LogP contribution is -2.04. The van der Waals surface area contributed by atoms with Crippen molar-refractivity contribution in [3.05, 3.63) is 80.9 Å². The lowest BCUT2D eigenvalue weighted by molar-refractivity contribution is -0.384. The van der Waals surface area contributed by atoms with E-state index in [0.717, 1.165) is 5.56 Å². The molecule has 4 rings (SSSR count). The molecule has 11 heteroatoms. The summed E-state index contributed by atoms with van der Waals surface area (Å²) in [5.74, 6) is 0.00178. The number of aromatic amines is 1. The minimum absolute atomic E-state index is 0.0180. The van der Waals surface area contributed by atoms with Crippen LogP contribution in [-0.2, 0) is 6.54 Å². The molecule has 0 saturated carbocycles. The van der Waals surface area contributed by atoms with E-state index in [1.165, 1.54) is 29.1 Å². The van der Waals surface area contributed by atoms with Gasteiger partial charge in [0, 0.05) is 18.3 Å². The number of H-pyrrole nitrogens is 1. The Balaban J connectivity index is 1.57. The van der Waals surface area contributed by atoms with Crippen LogP contribution in [0.15, 0.2) is 54.7 Å². The van der Waals surface area contributed by atoms with Gasteiger partial charge in [-0.15, -0.1) is 10.2 Å². The lowest BCUT2D eigenvalue weighted by atomic mass is 10.2. The van der Waals surface area contributed by atoms with Crippen molar-refractivity contribution >= 4 is 17.9 Å². The van der Waals surface area contributed by atoms with Crippen LogP contribution in [0.1, 0.15) is 5.56 Å². The fraction of sp³-hybridized carbons (Fsp3) is 0.0588. The second kappa shape index (κ2) is 7.12. The van der Waals surface area contributed by atoms with Crippen LogP contribution in [0.4, 0.5) is 10.1 Å². The van der Waals surface area contributed by atoms with E-state index >= 15 is 0 Å². The Hall–Kier alpha value is -3.73. The molecule has 4 aromatic rings. The molecule has 2 heterocycles. The van der Waals surface area contributed by atoms with Crippen LogP contribution in [0.5, 0.6) is 0 Å². The summed E-state index contributed by atoms with van der Waals surface area (Å²) in [7, 11) is 0. The molecular weight excluding hydrogens is 385 g/mol. The molecule has 1 N–H and O–H groups in total. The van der Waals surface area contributed by atoms with Gasteiger partial charge in [0.2, 0.25) is 5.82 Å². The number of aromatic nitrogens is 6. The fourth-order valence-electron chi connectivity index (χ4n) is 2.62. The minimum atomic E-state index is -0.455. The largest absolute Gasteiger partial charge is 0.299 e. The number of nitro benzene ring substituents is 1. The van der Waals surface area contributed by atoms with E-state index < -0.39 is 4.92 Å². The number of rotatable bonds is 5. The van der Waals surface area contributed by atoms with Gasteiger partial charge in [0.25, 0.3) is 5.69 Å². The van der Waals surface area contributed by atoms with Crippen LogP contribution < -0.4 is 0 Å². The first kappa shape index (κ1) is 17.7. The van der Waals surface area contributed by atoms with E-state index in [1.54, 1.807) is 35.1 Å². The highest BCUT2D eigenvalue weighted by Crippen LogP contribution is 2.19. The van der Waals surface area contributed by atoms with Gasteiger partial charge >= 0.3 is 0 Å². The monoisotopic (exact) mass is 397 g/mol. The number of tetrazole rings is 1. The summed E-state index contributed by atoms with van der Waals surface area (Å²) in [4.78, 5) is 11.6. The quantitative estimate of drug-likeness (QED) is 0.315. The maximum atomic E-state index is 13.1. The zero-order valence-electron chi connectivity index (χ0n) is 14.2. The van der Waals surface area contributed by atoms with Crippen molar-refractivity contribution in [1.29, 1.82) is 0 Å². The normalized spacial score (nSPS) is 10.9. The number of hydrogen-bond donors (Lipinski definition) is 1. The first-order chi connectivity index (χ1) is 13.5. The zero-order valence-corrected chi connectivity index (χ0v) is 15.0. The SMILES string of the molecule is O=[N+]([O-])c1ccc(Cn2nnc(-c3c[nH]n(-c4ccc(F)cc4)c3=S)n2)cc1. The van der Waals surface area contributed by atoms with Gasteiger partial charge in [-0.3, -0.25) is 15.2 Å². The van der Waals surface area contributed by atoms with Crippen molar-refractivity contribution in [3.8, 4) is 17.1 Å². The highest BCUT2D eigenvalue weighted by molar-refractivity contribution is 7.71. The molecule has 9 nitrogen and oxygen atoms in total. The Labute approximate surface area is 162 Å². The Kier molecular flexibility index (Phi) is 4.49. The molecule has 2 aromatic heterocycles. The first-order valence-electron chi connectivity index (χ1n) is 8.09. The smallest absolute Gasteiger partial charge is 0.269 e. The van der Waals surface area contributed by atoms with E-state index in [-0.39, 0.29) is 11.5 Å². The van der Waals surface area contributed by atoms with Crippen LogP contribution in [0, 0.1) is 20.6 Å². The third-order valence-electron chi connectivity index (χ3n) is 4.02. The van der Waals surface area contributed by atoms with Crippen molar-refractivity contribution in [2.75, 3.05) is 0 Å². The number of nitrogens with one attached hydrogen (secondary N) is 1. The highest BCUT2D eigenvalue weighted by atomic mass is 32.1. The van der Waals surface area contributed by atoms with Gasteiger partial charge in [-0.25, -0.2) is 9.07 Å². The molecule has 0 unspecified atom stereocenters. The fourth-order valence-corrected chi connectivity index (χ4v) is 2.92. The summed E-state index contributed by atoms with van der Waals surface area (Å²) >= 11 is 5.46. The van der Waals surface area contributed by atoms with Crippen LogP contribution in [0.25, 0.3) is 17.1 Å². The Morgan fingerprint density at radius 3 is 2.54 bits per heavy atom. The summed E-state index contributed by atoms with van der Waals surface area (Å²) in [6, 6.07) is 12.0. The molecule has 0 spiro atoms. The Morgan fingerprint density at radius 2 is 1.86 bits per heavy atom. The predicted octanol–water partition coefficient (Wildman–Crippen LogP) is 3.28. The number of halogens is 1. The average molecular weight is 397 g/mol. The Morgan fingerprint density at radius 1 is 1.14 bits per heavy atom. The van der Waals surface area contributed by atoms with Crippen molar-refractivity contribution < 1.29 is 9.31 Å². The van der Waals surface area contributed by atoms with Crippen molar-refractivity contribution in [2.45, 2.75) is 6.54 Å². The molecule has 0 amide bonds. The molecular formula is C17H12FN7O2S. The van der Waals surface area contributed by atoms with E-state index in [0.29, 0.717) is 28.3 Å². The van der Waals surface area contributed by atoms with Gasteiger partial charge in [-0.05, 0) is 35.0 Å². The average Bonchev–Trinajstić information content (AvgIpc) is 3.29. The van der Waals surface area contributed by atoms with Gasteiger partial charge in [-0.2, -0.15) is 4.80 Å². The van der Waals surface area contributed by atoms with Gasteiger partial charge in [0.05, 0.1) is 22.7 Å². The molecule has 0 bridgehead atoms. The standard InChI is InChI=1S/C17H12FN7O2S/c18-12-3-7-13(8-4-12)24-17(28)15(9-19-24)16-20-22-23(21-16)10-11-1-5-14(6-2-11)25(26)27/h1-9,19H,10H2. The Bertz CT molecular complexity index is 1200. The van der Waals surface area contributed by atoms with E-state index in [4.69, 9.17) is 12.2 Å². The van der Waals surface area contributed by atoms with Gasteiger partial charge < -0.3 is 0 Å². The summed E-state index contributed by atoms with van der Waals surface area (Å²) in [6.07, 6.45) is 1.65. The molecule has 140 valence electrons. The van der Waals surface area contributed by atoms with Crippen LogP contribution >= 0.6 is 12.2 Å². The second-order valence-corrected chi connectivity index (χ2v) is 6.26. The molecule has 0 radical (unpaired) electrons. The zero-order chi connectivity index (χ0) is 19.7. The summed E-state index contributed by atoms with van der Waals surface area (Å²) in [5, 5.41) is 26.1. The van der Waals surface area contributed by atoms with E-state index in [9.17, 15) is 14.5 Å². The van der Waals surface area contributed by atoms with Gasteiger partial charge in [0.15, 0.2) is 0 Å². The number of nitro groups is 1. The molecule has 0 fully saturated rings. The molecule has 2 aromatic carbocycles. The third kappa shape index (κ3) is 3.42. The minimum Gasteiger partial charge on any atom is -0.299 e. The molecule has 0 saturated heterocycles. The van der Waals surface area contributed by atoms with Gasteiger partial charge in [0.1, 0.15) is 10.5 Å². The first-order valence-corrected chi connectivity index (χ1v) is 8.50. The number of benzene rings is 2. The highest BCUT2D eigenvalue weighted by Gasteiger charge is 2.13. The van der Waals surface area contributed by atoms with Crippen molar-refractivity contribution in [1.82, 2.24) is 30.0 Å². The van der Waals surface area contributed by atoms with Crippen LogP contribution in [0.2, 0.25) is 0 Å². The molecule has 28 heavy (non-hydrogen) atoms. The van der Waals surface area contributed by atoms with Crippen LogP contribution in [0.3, 0.4) is 0 Å². The molecule has 0 aliphatic heterocycles. The number of nitrogens with zero attached hydrogens (tertiary/aromatic N) is 6. The second-order valence-electron chi connectivity index (χ2n) is 5.87. The summed E-state index contributed by atoms with van der Waals surface area (Å²) in [6.45, 7) is 0.306. The molecule has 0 aliphatic carbocycles. The van der Waals surface area contributed by atoms with Gasteiger partial charge in [-0.1, -0.05) is 24.4 Å². The maximum absolute atomic E-state index is 13.1. The summed E-state index contributed by atoms with van der Waals surface area (Å²) < 4.78 is 15.2. The van der Waals surface area contributed by atoms with Crippen molar-refractivity contribution in [2.24, 2.45) is 0 Å². The molecule has 0 atom stereocenters. The predicted molar refractivity (Wildman–Crippen MR) is 99.9 cm³/mol. The summed E-state index contributed by atoms with van der Waals surface area (Å²) in [5.41, 5.74) is 2.07. The third-order valence-corrected chi connectivity index (χ3v) is 4.42. The topological polar surface area (TPSA) is 107 Å². The molecule has 0 aliphatic rings. The van der Waals surface area contributed by atoms with E-state index in [2.05, 4.69) is 20.5 Å². The maximum Gasteiger partial charge on any atom is 0.269 e. The number of hydrogen-bond acceptors (Lipinski definition) is 6. The lowest BCUT2D eigenvalue weighted by Gasteiger charge is -2.01. The van der Waals surface area contributed by atoms with Crippen LogP contribution in [-0.4, -0.2) is 34.9 Å².